The van der Waals surface area contributed by atoms with E-state index in [9.17, 15) is 0 Å². The van der Waals surface area contributed by atoms with Crippen molar-refractivity contribution in [3.63, 3.8) is 0 Å². The van der Waals surface area contributed by atoms with E-state index in [0.717, 1.165) is 43.2 Å². The summed E-state index contributed by atoms with van der Waals surface area (Å²) in [4.78, 5) is 0. The van der Waals surface area contributed by atoms with Crippen molar-refractivity contribution < 1.29 is 9.47 Å². The highest BCUT2D eigenvalue weighted by molar-refractivity contribution is 6.30. The van der Waals surface area contributed by atoms with Gasteiger partial charge in [-0.3, -0.25) is 0 Å². The van der Waals surface area contributed by atoms with E-state index in [-0.39, 0.29) is 12.4 Å². The topological polar surface area (TPSA) is 30.5 Å². The Bertz CT molecular complexity index is 566. The summed E-state index contributed by atoms with van der Waals surface area (Å²) in [6.07, 6.45) is 2.43. The predicted molar refractivity (Wildman–Crippen MR) is 91.7 cm³/mol. The molecule has 0 saturated carbocycles. The van der Waals surface area contributed by atoms with Crippen molar-refractivity contribution in [2.45, 2.75) is 18.9 Å². The highest BCUT2D eigenvalue weighted by atomic mass is 35.5. The number of benzene rings is 2. The maximum absolute atomic E-state index is 5.96. The molecule has 0 radical (unpaired) electrons. The van der Waals surface area contributed by atoms with Crippen LogP contribution in [-0.2, 0) is 0 Å². The third kappa shape index (κ3) is 4.80. The Morgan fingerprint density at radius 2 is 1.32 bits per heavy atom. The number of hydrogen-bond donors (Lipinski definition) is 1. The van der Waals surface area contributed by atoms with Crippen molar-refractivity contribution in [3.8, 4) is 17.2 Å². The molecule has 0 spiro atoms. The molecular weight excluding hydrogens is 321 g/mol. The minimum atomic E-state index is 0. The fraction of sp³-hybridized carbons (Fsp3) is 0.294. The molecule has 0 atom stereocenters. The van der Waals surface area contributed by atoms with E-state index in [1.807, 2.05) is 48.5 Å². The molecule has 2 aromatic rings. The fourth-order valence-electron chi connectivity index (χ4n) is 2.33. The Balaban J connectivity index is 0.00000176. The van der Waals surface area contributed by atoms with Gasteiger partial charge in [-0.2, -0.15) is 0 Å². The average molecular weight is 340 g/mol. The quantitative estimate of drug-likeness (QED) is 0.876. The van der Waals surface area contributed by atoms with Crippen molar-refractivity contribution in [2.24, 2.45) is 0 Å². The van der Waals surface area contributed by atoms with Gasteiger partial charge in [0.05, 0.1) is 0 Å². The van der Waals surface area contributed by atoms with Crippen molar-refractivity contribution in [1.82, 2.24) is 5.32 Å². The summed E-state index contributed by atoms with van der Waals surface area (Å²) < 4.78 is 11.7. The van der Waals surface area contributed by atoms with Gasteiger partial charge < -0.3 is 14.8 Å². The Morgan fingerprint density at radius 1 is 0.818 bits per heavy atom. The van der Waals surface area contributed by atoms with Gasteiger partial charge in [0.1, 0.15) is 23.4 Å². The molecule has 2 aromatic carbocycles. The first kappa shape index (κ1) is 16.9. The first-order chi connectivity index (χ1) is 10.3. The molecule has 0 unspecified atom stereocenters. The zero-order chi connectivity index (χ0) is 14.5. The standard InChI is InChI=1S/C17H18ClNO2.ClH/c18-13-1-3-14(4-2-13)20-15-5-7-16(8-6-15)21-17-9-11-19-12-10-17;/h1-8,17,19H,9-12H2;1H. The van der Waals surface area contributed by atoms with Gasteiger partial charge in [0.25, 0.3) is 0 Å². The summed E-state index contributed by atoms with van der Waals surface area (Å²) in [6.45, 7) is 2.06. The van der Waals surface area contributed by atoms with Crippen LogP contribution >= 0.6 is 24.0 Å². The number of piperidine rings is 1. The molecule has 0 aliphatic carbocycles. The molecule has 0 amide bonds. The molecule has 0 aromatic heterocycles. The lowest BCUT2D eigenvalue weighted by molar-refractivity contribution is 0.162. The monoisotopic (exact) mass is 339 g/mol. The van der Waals surface area contributed by atoms with Gasteiger partial charge in [-0.15, -0.1) is 12.4 Å². The van der Waals surface area contributed by atoms with Gasteiger partial charge in [0, 0.05) is 5.02 Å². The lowest BCUT2D eigenvalue weighted by atomic mass is 10.1. The summed E-state index contributed by atoms with van der Waals surface area (Å²) in [5.41, 5.74) is 0. The number of rotatable bonds is 4. The number of halogens is 2. The van der Waals surface area contributed by atoms with E-state index in [4.69, 9.17) is 21.1 Å². The van der Waals surface area contributed by atoms with Gasteiger partial charge >= 0.3 is 0 Å². The summed E-state index contributed by atoms with van der Waals surface area (Å²) >= 11 is 5.85. The van der Waals surface area contributed by atoms with Crippen molar-refractivity contribution in [1.29, 1.82) is 0 Å². The Hall–Kier alpha value is -1.42. The third-order valence-corrected chi connectivity index (χ3v) is 3.71. The SMILES string of the molecule is Cl.Clc1ccc(Oc2ccc(OC3CCNCC3)cc2)cc1. The van der Waals surface area contributed by atoms with Gasteiger partial charge in [-0.1, -0.05) is 11.6 Å². The van der Waals surface area contributed by atoms with Crippen LogP contribution in [-0.4, -0.2) is 19.2 Å². The molecule has 3 nitrogen and oxygen atoms in total. The second-order valence-corrected chi connectivity index (χ2v) is 5.53. The highest BCUT2D eigenvalue weighted by Gasteiger charge is 2.14. The zero-order valence-corrected chi connectivity index (χ0v) is 13.7. The molecule has 0 bridgehead atoms. The van der Waals surface area contributed by atoms with Gasteiger partial charge in [0.2, 0.25) is 0 Å². The summed E-state index contributed by atoms with van der Waals surface area (Å²) in [5.74, 6) is 2.45. The number of hydrogen-bond acceptors (Lipinski definition) is 3. The first-order valence-corrected chi connectivity index (χ1v) is 7.58. The molecule has 1 heterocycles. The highest BCUT2D eigenvalue weighted by Crippen LogP contribution is 2.26. The molecule has 3 rings (SSSR count). The van der Waals surface area contributed by atoms with Crippen LogP contribution in [0, 0.1) is 0 Å². The van der Waals surface area contributed by atoms with Crippen LogP contribution in [0.15, 0.2) is 48.5 Å². The largest absolute Gasteiger partial charge is 0.490 e. The maximum Gasteiger partial charge on any atom is 0.127 e. The van der Waals surface area contributed by atoms with Crippen molar-refractivity contribution >= 4 is 24.0 Å². The van der Waals surface area contributed by atoms with Crippen LogP contribution in [0.1, 0.15) is 12.8 Å². The molecule has 1 fully saturated rings. The maximum atomic E-state index is 5.96. The molecule has 5 heteroatoms. The second kappa shape index (κ2) is 8.28. The van der Waals surface area contributed by atoms with E-state index in [2.05, 4.69) is 5.32 Å². The molecular formula is C17H19Cl2NO2. The van der Waals surface area contributed by atoms with E-state index in [1.165, 1.54) is 0 Å². The Morgan fingerprint density at radius 3 is 1.91 bits per heavy atom. The third-order valence-electron chi connectivity index (χ3n) is 3.46. The van der Waals surface area contributed by atoms with Crippen LogP contribution in [0.25, 0.3) is 0 Å². The predicted octanol–water partition coefficient (Wildman–Crippen LogP) is 4.68. The van der Waals surface area contributed by atoms with Crippen LogP contribution < -0.4 is 14.8 Å². The molecule has 1 saturated heterocycles. The van der Waals surface area contributed by atoms with Gasteiger partial charge in [-0.05, 0) is 74.5 Å². The smallest absolute Gasteiger partial charge is 0.127 e. The molecule has 1 aliphatic heterocycles. The van der Waals surface area contributed by atoms with E-state index in [0.29, 0.717) is 11.1 Å². The van der Waals surface area contributed by atoms with E-state index >= 15 is 0 Å². The number of nitrogens with one attached hydrogen (secondary N) is 1. The summed E-state index contributed by atoms with van der Waals surface area (Å²) in [5, 5.41) is 4.03. The average Bonchev–Trinajstić information content (AvgIpc) is 2.53. The normalized spacial score (nSPS) is 15.0. The van der Waals surface area contributed by atoms with Crippen LogP contribution in [0.5, 0.6) is 17.2 Å². The van der Waals surface area contributed by atoms with Crippen LogP contribution in [0.3, 0.4) is 0 Å². The van der Waals surface area contributed by atoms with Gasteiger partial charge in [0.15, 0.2) is 0 Å². The first-order valence-electron chi connectivity index (χ1n) is 7.20. The van der Waals surface area contributed by atoms with Crippen molar-refractivity contribution in [2.75, 3.05) is 13.1 Å². The minimum Gasteiger partial charge on any atom is -0.490 e. The number of ether oxygens (including phenoxy) is 2. The van der Waals surface area contributed by atoms with Crippen LogP contribution in [0.2, 0.25) is 5.02 Å². The Kier molecular flexibility index (Phi) is 6.37. The summed E-state index contributed by atoms with van der Waals surface area (Å²) in [6, 6.07) is 15.1. The molecule has 1 N–H and O–H groups in total. The van der Waals surface area contributed by atoms with E-state index in [1.54, 1.807) is 0 Å². The second-order valence-electron chi connectivity index (χ2n) is 5.09. The molecule has 22 heavy (non-hydrogen) atoms. The lowest BCUT2D eigenvalue weighted by Crippen LogP contribution is -2.34. The van der Waals surface area contributed by atoms with Crippen molar-refractivity contribution in [3.05, 3.63) is 53.6 Å². The van der Waals surface area contributed by atoms with E-state index < -0.39 is 0 Å². The molecule has 1 aliphatic rings. The summed E-state index contributed by atoms with van der Waals surface area (Å²) in [7, 11) is 0. The molecule has 118 valence electrons. The van der Waals surface area contributed by atoms with Crippen LogP contribution in [0.4, 0.5) is 0 Å². The zero-order valence-electron chi connectivity index (χ0n) is 12.1. The van der Waals surface area contributed by atoms with Gasteiger partial charge in [-0.25, -0.2) is 0 Å². The fourth-order valence-corrected chi connectivity index (χ4v) is 2.46. The minimum absolute atomic E-state index is 0. The lowest BCUT2D eigenvalue weighted by Gasteiger charge is -2.23. The Labute approximate surface area is 142 Å².